The Morgan fingerprint density at radius 2 is 1.61 bits per heavy atom. The van der Waals surface area contributed by atoms with Crippen molar-refractivity contribution in [2.24, 2.45) is 4.99 Å². The standard InChI is InChI=1S/C12H20N4O2/c1-2-16(15-5-9-18-10-6-15)11-12(13-1)14-3-7-17-8-4-14/h1-2H,3-11H2. The summed E-state index contributed by atoms with van der Waals surface area (Å²) < 4.78 is 10.8. The van der Waals surface area contributed by atoms with Crippen molar-refractivity contribution < 1.29 is 9.47 Å². The molecule has 0 unspecified atom stereocenters. The molecule has 0 aromatic rings. The lowest BCUT2D eigenvalue weighted by molar-refractivity contribution is -0.0577. The van der Waals surface area contributed by atoms with Crippen LogP contribution < -0.4 is 0 Å². The summed E-state index contributed by atoms with van der Waals surface area (Å²) in [6, 6.07) is 0. The number of hydrogen-bond donors (Lipinski definition) is 0. The van der Waals surface area contributed by atoms with Gasteiger partial charge in [-0.2, -0.15) is 0 Å². The second-order valence-corrected chi connectivity index (χ2v) is 4.61. The summed E-state index contributed by atoms with van der Waals surface area (Å²) in [6.45, 7) is 7.91. The monoisotopic (exact) mass is 252 g/mol. The van der Waals surface area contributed by atoms with Gasteiger partial charge in [-0.15, -0.1) is 0 Å². The minimum Gasteiger partial charge on any atom is -0.379 e. The van der Waals surface area contributed by atoms with Gasteiger partial charge >= 0.3 is 0 Å². The topological polar surface area (TPSA) is 40.5 Å². The lowest BCUT2D eigenvalue weighted by atomic mass is 10.3. The molecule has 2 saturated heterocycles. The molecule has 6 nitrogen and oxygen atoms in total. The van der Waals surface area contributed by atoms with Crippen LogP contribution in [0.25, 0.3) is 0 Å². The third-order valence-corrected chi connectivity index (χ3v) is 3.49. The first-order valence-corrected chi connectivity index (χ1v) is 6.59. The molecule has 0 bridgehead atoms. The molecule has 3 rings (SSSR count). The number of morpholine rings is 2. The Kier molecular flexibility index (Phi) is 3.78. The van der Waals surface area contributed by atoms with Gasteiger partial charge in [0.05, 0.1) is 33.0 Å². The Labute approximate surface area is 107 Å². The maximum Gasteiger partial charge on any atom is 0.126 e. The normalized spacial score (nSPS) is 26.3. The average Bonchev–Trinajstić information content (AvgIpc) is 2.49. The minimum absolute atomic E-state index is 0.806. The first-order valence-electron chi connectivity index (χ1n) is 6.59. The molecule has 2 fully saturated rings. The van der Waals surface area contributed by atoms with Crippen molar-refractivity contribution in [1.82, 2.24) is 14.9 Å². The van der Waals surface area contributed by atoms with Crippen LogP contribution in [-0.2, 0) is 9.47 Å². The van der Waals surface area contributed by atoms with Gasteiger partial charge in [0.25, 0.3) is 0 Å². The molecule has 3 heterocycles. The van der Waals surface area contributed by atoms with Crippen molar-refractivity contribution in [1.29, 1.82) is 0 Å². The second kappa shape index (κ2) is 5.69. The van der Waals surface area contributed by atoms with E-state index in [1.807, 2.05) is 6.20 Å². The summed E-state index contributed by atoms with van der Waals surface area (Å²) in [5, 5.41) is 4.58. The number of rotatable bonds is 1. The average molecular weight is 252 g/mol. The molecule has 0 saturated carbocycles. The van der Waals surface area contributed by atoms with E-state index >= 15 is 0 Å². The van der Waals surface area contributed by atoms with E-state index in [4.69, 9.17) is 9.47 Å². The van der Waals surface area contributed by atoms with E-state index in [2.05, 4.69) is 26.1 Å². The number of hydrazine groups is 1. The van der Waals surface area contributed by atoms with Gasteiger partial charge in [0, 0.05) is 38.6 Å². The van der Waals surface area contributed by atoms with Crippen LogP contribution in [-0.4, -0.2) is 79.9 Å². The molecule has 0 N–H and O–H groups in total. The van der Waals surface area contributed by atoms with Crippen LogP contribution in [0.1, 0.15) is 0 Å². The molecule has 0 radical (unpaired) electrons. The van der Waals surface area contributed by atoms with E-state index < -0.39 is 0 Å². The third-order valence-electron chi connectivity index (χ3n) is 3.49. The number of amidine groups is 1. The zero-order chi connectivity index (χ0) is 12.2. The van der Waals surface area contributed by atoms with Gasteiger partial charge in [-0.3, -0.25) is 0 Å². The summed E-state index contributed by atoms with van der Waals surface area (Å²) in [5.41, 5.74) is 0. The van der Waals surface area contributed by atoms with Crippen molar-refractivity contribution in [3.8, 4) is 0 Å². The van der Waals surface area contributed by atoms with Gasteiger partial charge < -0.3 is 19.4 Å². The number of ether oxygens (including phenoxy) is 2. The van der Waals surface area contributed by atoms with E-state index in [1.54, 1.807) is 0 Å². The van der Waals surface area contributed by atoms with Crippen LogP contribution in [0.5, 0.6) is 0 Å². The van der Waals surface area contributed by atoms with Gasteiger partial charge in [0.15, 0.2) is 0 Å². The van der Waals surface area contributed by atoms with Gasteiger partial charge in [-0.1, -0.05) is 0 Å². The molecule has 0 spiro atoms. The summed E-state index contributed by atoms with van der Waals surface area (Å²) >= 11 is 0. The van der Waals surface area contributed by atoms with Gasteiger partial charge in [0.2, 0.25) is 0 Å². The van der Waals surface area contributed by atoms with Gasteiger partial charge in [-0.05, 0) is 0 Å². The fraction of sp³-hybridized carbons (Fsp3) is 0.750. The summed E-state index contributed by atoms with van der Waals surface area (Å²) in [4.78, 5) is 6.82. The van der Waals surface area contributed by atoms with Crippen LogP contribution in [0.2, 0.25) is 0 Å². The van der Waals surface area contributed by atoms with Crippen molar-refractivity contribution in [3.63, 3.8) is 0 Å². The van der Waals surface area contributed by atoms with Crippen LogP contribution in [0.3, 0.4) is 0 Å². The van der Waals surface area contributed by atoms with Crippen LogP contribution in [0.4, 0.5) is 0 Å². The number of aliphatic imine (C=N–C) groups is 1. The SMILES string of the molecule is C1=CN(N2CCOCC2)CC(N2CCOCC2)=N1. The molecule has 0 atom stereocenters. The van der Waals surface area contributed by atoms with Crippen molar-refractivity contribution in [3.05, 3.63) is 12.4 Å². The highest BCUT2D eigenvalue weighted by Gasteiger charge is 2.22. The molecule has 6 heteroatoms. The lowest BCUT2D eigenvalue weighted by Gasteiger charge is -2.40. The molecular weight excluding hydrogens is 232 g/mol. The van der Waals surface area contributed by atoms with E-state index in [9.17, 15) is 0 Å². The summed E-state index contributed by atoms with van der Waals surface area (Å²) in [7, 11) is 0. The molecule has 3 aliphatic rings. The van der Waals surface area contributed by atoms with Crippen LogP contribution in [0.15, 0.2) is 17.4 Å². The smallest absolute Gasteiger partial charge is 0.126 e. The molecule has 0 aliphatic carbocycles. The van der Waals surface area contributed by atoms with E-state index in [1.165, 1.54) is 0 Å². The zero-order valence-corrected chi connectivity index (χ0v) is 10.6. The number of hydrogen-bond acceptors (Lipinski definition) is 6. The van der Waals surface area contributed by atoms with Crippen molar-refractivity contribution in [2.75, 3.05) is 59.2 Å². The predicted molar refractivity (Wildman–Crippen MR) is 68.1 cm³/mol. The summed E-state index contributed by atoms with van der Waals surface area (Å²) in [6.07, 6.45) is 3.94. The Balaban J connectivity index is 1.60. The number of nitrogens with zero attached hydrogens (tertiary/aromatic N) is 4. The van der Waals surface area contributed by atoms with E-state index in [0.717, 1.165) is 65.0 Å². The van der Waals surface area contributed by atoms with Crippen molar-refractivity contribution >= 4 is 5.84 Å². The molecule has 100 valence electrons. The second-order valence-electron chi connectivity index (χ2n) is 4.61. The Hall–Kier alpha value is -1.11. The van der Waals surface area contributed by atoms with E-state index in [0.29, 0.717) is 0 Å². The lowest BCUT2D eigenvalue weighted by Crippen LogP contribution is -2.52. The van der Waals surface area contributed by atoms with E-state index in [-0.39, 0.29) is 0 Å². The Morgan fingerprint density at radius 1 is 0.944 bits per heavy atom. The minimum atomic E-state index is 0.806. The molecule has 0 amide bonds. The fourth-order valence-electron chi connectivity index (χ4n) is 2.44. The Bertz CT molecular complexity index is 333. The maximum atomic E-state index is 5.38. The molecular formula is C12H20N4O2. The van der Waals surface area contributed by atoms with Crippen LogP contribution in [0, 0.1) is 0 Å². The highest BCUT2D eigenvalue weighted by atomic mass is 16.5. The highest BCUT2D eigenvalue weighted by Crippen LogP contribution is 2.10. The summed E-state index contributed by atoms with van der Waals surface area (Å²) in [5.74, 6) is 1.15. The van der Waals surface area contributed by atoms with Crippen molar-refractivity contribution in [2.45, 2.75) is 0 Å². The van der Waals surface area contributed by atoms with Gasteiger partial charge in [-0.25, -0.2) is 10.0 Å². The first-order chi connectivity index (χ1) is 8.93. The largest absolute Gasteiger partial charge is 0.379 e. The quantitative estimate of drug-likeness (QED) is 0.644. The fourth-order valence-corrected chi connectivity index (χ4v) is 2.44. The first kappa shape index (κ1) is 12.0. The predicted octanol–water partition coefficient (Wildman–Crippen LogP) is -0.249. The molecule has 0 aromatic heterocycles. The third kappa shape index (κ3) is 2.66. The zero-order valence-electron chi connectivity index (χ0n) is 10.6. The molecule has 18 heavy (non-hydrogen) atoms. The molecule has 0 aromatic carbocycles. The maximum absolute atomic E-state index is 5.38. The highest BCUT2D eigenvalue weighted by molar-refractivity contribution is 5.85. The van der Waals surface area contributed by atoms with Gasteiger partial charge in [0.1, 0.15) is 5.84 Å². The van der Waals surface area contributed by atoms with Crippen LogP contribution >= 0.6 is 0 Å². The molecule has 3 aliphatic heterocycles. The Morgan fingerprint density at radius 3 is 2.33 bits per heavy atom.